The van der Waals surface area contributed by atoms with E-state index in [0.29, 0.717) is 17.7 Å². The Morgan fingerprint density at radius 1 is 1.15 bits per heavy atom. The fraction of sp³-hybridized carbons (Fsp3) is 0.476. The molecule has 2 heterocycles. The van der Waals surface area contributed by atoms with Crippen LogP contribution in [0.3, 0.4) is 0 Å². The third-order valence-corrected chi connectivity index (χ3v) is 5.20. The number of carbonyl (C=O) groups is 1. The van der Waals surface area contributed by atoms with Crippen LogP contribution in [0.5, 0.6) is 0 Å². The second-order valence-electron chi connectivity index (χ2n) is 7.20. The molecule has 5 heteroatoms. The van der Waals surface area contributed by atoms with Crippen molar-refractivity contribution in [1.82, 2.24) is 14.9 Å². The number of piperidine rings is 1. The van der Waals surface area contributed by atoms with Crippen molar-refractivity contribution in [2.45, 2.75) is 59.4 Å². The highest BCUT2D eigenvalue weighted by Gasteiger charge is 2.27. The lowest BCUT2D eigenvalue weighted by Gasteiger charge is -2.35. The highest BCUT2D eigenvalue weighted by molar-refractivity contribution is 5.93. The predicted molar refractivity (Wildman–Crippen MR) is 105 cm³/mol. The van der Waals surface area contributed by atoms with E-state index in [2.05, 4.69) is 48.2 Å². The number of benzene rings is 1. The summed E-state index contributed by atoms with van der Waals surface area (Å²) in [5, 5.41) is 3.24. The third kappa shape index (κ3) is 4.03. The van der Waals surface area contributed by atoms with Crippen molar-refractivity contribution in [2.24, 2.45) is 0 Å². The van der Waals surface area contributed by atoms with Crippen LogP contribution in [0, 0.1) is 20.8 Å². The molecule has 1 aromatic heterocycles. The topological polar surface area (TPSA) is 58.1 Å². The quantitative estimate of drug-likeness (QED) is 0.877. The van der Waals surface area contributed by atoms with Crippen LogP contribution in [0.25, 0.3) is 0 Å². The molecule has 1 aliphatic rings. The standard InChI is InChI=1S/C21H28N4O/c1-5-18-8-6-7-11-25(18)20(26)19-13-16(4)22-21(24-19)23-17-10-9-14(2)15(3)12-17/h9-10,12-13,18H,5-8,11H2,1-4H3,(H,22,23,24). The van der Waals surface area contributed by atoms with Gasteiger partial charge in [-0.1, -0.05) is 13.0 Å². The van der Waals surface area contributed by atoms with Gasteiger partial charge in [0, 0.05) is 24.0 Å². The van der Waals surface area contributed by atoms with Crippen LogP contribution in [-0.4, -0.2) is 33.4 Å². The minimum Gasteiger partial charge on any atom is -0.334 e. The van der Waals surface area contributed by atoms with Gasteiger partial charge in [0.15, 0.2) is 0 Å². The van der Waals surface area contributed by atoms with Gasteiger partial charge in [0.1, 0.15) is 5.69 Å². The largest absolute Gasteiger partial charge is 0.334 e. The van der Waals surface area contributed by atoms with Gasteiger partial charge in [0.05, 0.1) is 0 Å². The van der Waals surface area contributed by atoms with Crippen LogP contribution in [-0.2, 0) is 0 Å². The van der Waals surface area contributed by atoms with E-state index in [-0.39, 0.29) is 5.91 Å². The number of likely N-dealkylation sites (tertiary alicyclic amines) is 1. The van der Waals surface area contributed by atoms with E-state index < -0.39 is 0 Å². The smallest absolute Gasteiger partial charge is 0.272 e. The van der Waals surface area contributed by atoms with Gasteiger partial charge in [-0.15, -0.1) is 0 Å². The zero-order valence-electron chi connectivity index (χ0n) is 16.2. The molecule has 1 saturated heterocycles. The Hall–Kier alpha value is -2.43. The van der Waals surface area contributed by atoms with E-state index in [4.69, 9.17) is 0 Å². The van der Waals surface area contributed by atoms with Crippen LogP contribution < -0.4 is 5.32 Å². The van der Waals surface area contributed by atoms with Crippen molar-refractivity contribution in [1.29, 1.82) is 0 Å². The minimum atomic E-state index is 0.0187. The summed E-state index contributed by atoms with van der Waals surface area (Å²) in [5.74, 6) is 0.492. The second-order valence-corrected chi connectivity index (χ2v) is 7.20. The molecule has 1 N–H and O–H groups in total. The average molecular weight is 352 g/mol. The van der Waals surface area contributed by atoms with Crippen LogP contribution in [0.4, 0.5) is 11.6 Å². The van der Waals surface area contributed by atoms with Crippen LogP contribution in [0.15, 0.2) is 24.3 Å². The van der Waals surface area contributed by atoms with Crippen molar-refractivity contribution in [3.05, 3.63) is 46.8 Å². The molecule has 1 fully saturated rings. The number of anilines is 2. The summed E-state index contributed by atoms with van der Waals surface area (Å²) in [5.41, 5.74) is 4.65. The number of rotatable bonds is 4. The van der Waals surface area contributed by atoms with Gasteiger partial charge >= 0.3 is 0 Å². The SMILES string of the molecule is CCC1CCCCN1C(=O)c1cc(C)nc(Nc2ccc(C)c(C)c2)n1. The number of carbonyl (C=O) groups excluding carboxylic acids is 1. The predicted octanol–water partition coefficient (Wildman–Crippen LogP) is 4.55. The summed E-state index contributed by atoms with van der Waals surface area (Å²) in [4.78, 5) is 24.0. The fourth-order valence-electron chi connectivity index (χ4n) is 3.52. The Balaban J connectivity index is 1.84. The Morgan fingerprint density at radius 2 is 1.96 bits per heavy atom. The summed E-state index contributed by atoms with van der Waals surface area (Å²) < 4.78 is 0. The highest BCUT2D eigenvalue weighted by atomic mass is 16.2. The van der Waals surface area contributed by atoms with Gasteiger partial charge < -0.3 is 10.2 Å². The lowest BCUT2D eigenvalue weighted by atomic mass is 9.99. The summed E-state index contributed by atoms with van der Waals surface area (Å²) in [6.07, 6.45) is 4.34. The molecule has 1 amide bonds. The zero-order valence-corrected chi connectivity index (χ0v) is 16.2. The van der Waals surface area contributed by atoms with Gasteiger partial charge in [0.25, 0.3) is 5.91 Å². The number of amides is 1. The van der Waals surface area contributed by atoms with Gasteiger partial charge in [-0.3, -0.25) is 4.79 Å². The maximum Gasteiger partial charge on any atom is 0.272 e. The van der Waals surface area contributed by atoms with Crippen molar-refractivity contribution in [2.75, 3.05) is 11.9 Å². The third-order valence-electron chi connectivity index (χ3n) is 5.20. The molecule has 0 spiro atoms. The van der Waals surface area contributed by atoms with Gasteiger partial charge in [-0.2, -0.15) is 0 Å². The van der Waals surface area contributed by atoms with E-state index in [1.54, 1.807) is 6.07 Å². The first-order valence-electron chi connectivity index (χ1n) is 9.49. The van der Waals surface area contributed by atoms with E-state index >= 15 is 0 Å². The first-order chi connectivity index (χ1) is 12.5. The number of nitrogens with zero attached hydrogens (tertiary/aromatic N) is 3. The Morgan fingerprint density at radius 3 is 2.69 bits per heavy atom. The van der Waals surface area contributed by atoms with Gasteiger partial charge in [0.2, 0.25) is 5.95 Å². The maximum absolute atomic E-state index is 13.0. The van der Waals surface area contributed by atoms with E-state index in [9.17, 15) is 4.79 Å². The summed E-state index contributed by atoms with van der Waals surface area (Å²) in [7, 11) is 0. The molecule has 2 aromatic rings. The highest BCUT2D eigenvalue weighted by Crippen LogP contribution is 2.23. The fourth-order valence-corrected chi connectivity index (χ4v) is 3.52. The number of aromatic nitrogens is 2. The van der Waals surface area contributed by atoms with E-state index in [1.807, 2.05) is 17.9 Å². The number of hydrogen-bond acceptors (Lipinski definition) is 4. The Kier molecular flexibility index (Phi) is 5.55. The Bertz CT molecular complexity index is 803. The summed E-state index contributed by atoms with van der Waals surface area (Å²) in [6, 6.07) is 8.25. The molecular weight excluding hydrogens is 324 g/mol. The molecule has 0 aliphatic carbocycles. The average Bonchev–Trinajstić information content (AvgIpc) is 2.63. The molecule has 138 valence electrons. The molecule has 1 aliphatic heterocycles. The molecule has 3 rings (SSSR count). The van der Waals surface area contributed by atoms with Gasteiger partial charge in [-0.25, -0.2) is 9.97 Å². The zero-order chi connectivity index (χ0) is 18.7. The van der Waals surface area contributed by atoms with Crippen molar-refractivity contribution < 1.29 is 4.79 Å². The van der Waals surface area contributed by atoms with Crippen molar-refractivity contribution >= 4 is 17.5 Å². The number of nitrogens with one attached hydrogen (secondary N) is 1. The molecule has 26 heavy (non-hydrogen) atoms. The maximum atomic E-state index is 13.0. The van der Waals surface area contributed by atoms with Crippen LogP contribution in [0.2, 0.25) is 0 Å². The molecule has 0 bridgehead atoms. The first kappa shape index (κ1) is 18.4. The molecule has 0 radical (unpaired) electrons. The lowest BCUT2D eigenvalue weighted by Crippen LogP contribution is -2.43. The van der Waals surface area contributed by atoms with Crippen LogP contribution >= 0.6 is 0 Å². The summed E-state index contributed by atoms with van der Waals surface area (Å²) >= 11 is 0. The first-order valence-corrected chi connectivity index (χ1v) is 9.49. The second kappa shape index (κ2) is 7.85. The lowest BCUT2D eigenvalue weighted by molar-refractivity contribution is 0.0602. The molecule has 1 aromatic carbocycles. The number of hydrogen-bond donors (Lipinski definition) is 1. The van der Waals surface area contributed by atoms with Crippen LogP contribution in [0.1, 0.15) is 59.9 Å². The van der Waals surface area contributed by atoms with Gasteiger partial charge in [-0.05, 0) is 75.8 Å². The Labute approximate surface area is 155 Å². The molecule has 5 nitrogen and oxygen atoms in total. The molecule has 0 saturated carbocycles. The van der Waals surface area contributed by atoms with E-state index in [1.165, 1.54) is 17.5 Å². The minimum absolute atomic E-state index is 0.0187. The molecule has 1 atom stereocenters. The van der Waals surface area contributed by atoms with Crippen molar-refractivity contribution in [3.8, 4) is 0 Å². The van der Waals surface area contributed by atoms with E-state index in [0.717, 1.165) is 37.2 Å². The monoisotopic (exact) mass is 352 g/mol. The molecule has 1 unspecified atom stereocenters. The van der Waals surface area contributed by atoms with Crippen molar-refractivity contribution in [3.63, 3.8) is 0 Å². The molecular formula is C21H28N4O. The normalized spacial score (nSPS) is 17.2. The number of aryl methyl sites for hydroxylation is 3. The summed E-state index contributed by atoms with van der Waals surface area (Å²) in [6.45, 7) is 9.03.